The van der Waals surface area contributed by atoms with Gasteiger partial charge >= 0.3 is 0 Å². The van der Waals surface area contributed by atoms with Crippen LogP contribution in [0.25, 0.3) is 0 Å². The van der Waals surface area contributed by atoms with Crippen LogP contribution in [-0.2, 0) is 9.84 Å². The van der Waals surface area contributed by atoms with E-state index in [1.807, 2.05) is 0 Å². The summed E-state index contributed by atoms with van der Waals surface area (Å²) in [5, 5.41) is 0. The Morgan fingerprint density at radius 2 is 2.23 bits per heavy atom. The maximum Gasteiger partial charge on any atom is 0.151 e. The van der Waals surface area contributed by atoms with Gasteiger partial charge in [-0.25, -0.2) is 8.42 Å². The molecule has 0 unspecified atom stereocenters. The molecule has 0 saturated carbocycles. The first-order valence-corrected chi connectivity index (χ1v) is 6.54. The zero-order chi connectivity index (χ0) is 9.90. The number of sulfone groups is 1. The third-order valence-corrected chi connectivity index (χ3v) is 4.15. The Labute approximate surface area is 80.0 Å². The molecule has 5 heteroatoms. The molecule has 4 nitrogen and oxygen atoms in total. The predicted molar refractivity (Wildman–Crippen MR) is 53.4 cm³/mol. The van der Waals surface area contributed by atoms with Gasteiger partial charge in [0.05, 0.1) is 5.75 Å². The fourth-order valence-corrected chi connectivity index (χ4v) is 2.30. The number of hydrogen-bond donors (Lipinski definition) is 1. The summed E-state index contributed by atoms with van der Waals surface area (Å²) in [4.78, 5) is 2.12. The lowest BCUT2D eigenvalue weighted by Gasteiger charge is -2.14. The smallest absolute Gasteiger partial charge is 0.151 e. The first-order valence-electron chi connectivity index (χ1n) is 4.72. The van der Waals surface area contributed by atoms with Gasteiger partial charge in [-0.15, -0.1) is 0 Å². The molecule has 0 bridgehead atoms. The van der Waals surface area contributed by atoms with Crippen LogP contribution in [0.4, 0.5) is 0 Å². The minimum atomic E-state index is -2.81. The normalized spacial score (nSPS) is 25.2. The van der Waals surface area contributed by atoms with Gasteiger partial charge in [0.2, 0.25) is 0 Å². The number of likely N-dealkylation sites (tertiary alicyclic amines) is 1. The van der Waals surface area contributed by atoms with Crippen LogP contribution in [-0.4, -0.2) is 50.5 Å². The van der Waals surface area contributed by atoms with Crippen LogP contribution in [0.15, 0.2) is 0 Å². The van der Waals surface area contributed by atoms with E-state index >= 15 is 0 Å². The standard InChI is InChI=1S/C8H18N2O2S/c1-2-13(11,12)6-5-10-4-3-8(9)7-10/h8H,2-7,9H2,1H3/t8-/m0/s1. The van der Waals surface area contributed by atoms with Crippen molar-refractivity contribution in [1.29, 1.82) is 0 Å². The minimum Gasteiger partial charge on any atom is -0.326 e. The summed E-state index contributed by atoms with van der Waals surface area (Å²) in [6.45, 7) is 4.12. The van der Waals surface area contributed by atoms with Gasteiger partial charge in [0.15, 0.2) is 9.84 Å². The molecule has 0 spiro atoms. The van der Waals surface area contributed by atoms with Crippen molar-refractivity contribution in [1.82, 2.24) is 4.90 Å². The maximum atomic E-state index is 11.2. The summed E-state index contributed by atoms with van der Waals surface area (Å²) in [7, 11) is -2.81. The van der Waals surface area contributed by atoms with Gasteiger partial charge in [0.25, 0.3) is 0 Å². The van der Waals surface area contributed by atoms with Gasteiger partial charge in [0, 0.05) is 24.9 Å². The van der Waals surface area contributed by atoms with E-state index in [2.05, 4.69) is 4.90 Å². The third kappa shape index (κ3) is 3.62. The maximum absolute atomic E-state index is 11.2. The molecule has 78 valence electrons. The van der Waals surface area contributed by atoms with Crippen LogP contribution < -0.4 is 5.73 Å². The average Bonchev–Trinajstić information content (AvgIpc) is 2.48. The van der Waals surface area contributed by atoms with Crippen LogP contribution >= 0.6 is 0 Å². The zero-order valence-corrected chi connectivity index (χ0v) is 8.89. The van der Waals surface area contributed by atoms with Crippen molar-refractivity contribution < 1.29 is 8.42 Å². The topological polar surface area (TPSA) is 63.4 Å². The molecular formula is C8H18N2O2S. The summed E-state index contributed by atoms with van der Waals surface area (Å²) < 4.78 is 22.4. The van der Waals surface area contributed by atoms with Crippen LogP contribution in [0, 0.1) is 0 Å². The Balaban J connectivity index is 2.27. The van der Waals surface area contributed by atoms with Crippen LogP contribution in [0.5, 0.6) is 0 Å². The molecule has 1 saturated heterocycles. The highest BCUT2D eigenvalue weighted by atomic mass is 32.2. The molecule has 1 heterocycles. The highest BCUT2D eigenvalue weighted by Crippen LogP contribution is 2.06. The first-order chi connectivity index (χ1) is 6.03. The number of rotatable bonds is 4. The highest BCUT2D eigenvalue weighted by Gasteiger charge is 2.20. The summed E-state index contributed by atoms with van der Waals surface area (Å²) in [5.41, 5.74) is 5.71. The van der Waals surface area contributed by atoms with E-state index in [-0.39, 0.29) is 17.5 Å². The molecule has 1 atom stereocenters. The van der Waals surface area contributed by atoms with Gasteiger partial charge in [-0.3, -0.25) is 0 Å². The van der Waals surface area contributed by atoms with E-state index in [1.54, 1.807) is 6.92 Å². The van der Waals surface area contributed by atoms with Gasteiger partial charge in [-0.05, 0) is 13.0 Å². The van der Waals surface area contributed by atoms with Crippen molar-refractivity contribution in [2.24, 2.45) is 5.73 Å². The second-order valence-electron chi connectivity index (χ2n) is 3.59. The minimum absolute atomic E-state index is 0.240. The highest BCUT2D eigenvalue weighted by molar-refractivity contribution is 7.91. The molecule has 0 aromatic rings. The lowest BCUT2D eigenvalue weighted by molar-refractivity contribution is 0.354. The Bertz CT molecular complexity index is 251. The largest absolute Gasteiger partial charge is 0.326 e. The van der Waals surface area contributed by atoms with Gasteiger partial charge in [-0.2, -0.15) is 0 Å². The molecule has 0 radical (unpaired) electrons. The molecule has 1 rings (SSSR count). The molecule has 1 fully saturated rings. The lowest BCUT2D eigenvalue weighted by Crippen LogP contribution is -2.30. The molecule has 0 aromatic heterocycles. The third-order valence-electron chi connectivity index (χ3n) is 2.47. The van der Waals surface area contributed by atoms with E-state index in [1.165, 1.54) is 0 Å². The fourth-order valence-electron chi connectivity index (χ4n) is 1.48. The van der Waals surface area contributed by atoms with Crippen molar-refractivity contribution in [3.63, 3.8) is 0 Å². The Hall–Kier alpha value is -0.130. The molecule has 0 aromatic carbocycles. The summed E-state index contributed by atoms with van der Waals surface area (Å²) in [5.74, 6) is 0.517. The van der Waals surface area contributed by atoms with Crippen LogP contribution in [0.2, 0.25) is 0 Å². The molecule has 1 aliphatic heterocycles. The fraction of sp³-hybridized carbons (Fsp3) is 1.00. The van der Waals surface area contributed by atoms with E-state index < -0.39 is 9.84 Å². The number of nitrogens with two attached hydrogens (primary N) is 1. The molecule has 0 amide bonds. The van der Waals surface area contributed by atoms with Crippen molar-refractivity contribution in [3.8, 4) is 0 Å². The summed E-state index contributed by atoms with van der Waals surface area (Å²) in [6, 6.07) is 0.240. The summed E-state index contributed by atoms with van der Waals surface area (Å²) >= 11 is 0. The van der Waals surface area contributed by atoms with E-state index in [4.69, 9.17) is 5.73 Å². The summed E-state index contributed by atoms with van der Waals surface area (Å²) in [6.07, 6.45) is 0.992. The molecular weight excluding hydrogens is 188 g/mol. The van der Waals surface area contributed by atoms with Crippen LogP contribution in [0.3, 0.4) is 0 Å². The first kappa shape index (κ1) is 10.9. The number of nitrogens with zero attached hydrogens (tertiary/aromatic N) is 1. The SMILES string of the molecule is CCS(=O)(=O)CCN1CC[C@H](N)C1. The quantitative estimate of drug-likeness (QED) is 0.670. The van der Waals surface area contributed by atoms with Crippen molar-refractivity contribution in [3.05, 3.63) is 0 Å². The second-order valence-corrected chi connectivity index (χ2v) is 6.06. The molecule has 2 N–H and O–H groups in total. The van der Waals surface area contributed by atoms with Gasteiger partial charge < -0.3 is 10.6 Å². The van der Waals surface area contributed by atoms with Gasteiger partial charge in [0.1, 0.15) is 0 Å². The Kier molecular flexibility index (Phi) is 3.70. The van der Waals surface area contributed by atoms with Crippen molar-refractivity contribution in [2.45, 2.75) is 19.4 Å². The zero-order valence-electron chi connectivity index (χ0n) is 8.07. The Morgan fingerprint density at radius 1 is 1.54 bits per heavy atom. The van der Waals surface area contributed by atoms with E-state index in [9.17, 15) is 8.42 Å². The van der Waals surface area contributed by atoms with E-state index in [0.29, 0.717) is 6.54 Å². The second kappa shape index (κ2) is 4.39. The monoisotopic (exact) mass is 206 g/mol. The van der Waals surface area contributed by atoms with Gasteiger partial charge in [-0.1, -0.05) is 6.92 Å². The Morgan fingerprint density at radius 3 is 2.69 bits per heavy atom. The molecule has 0 aliphatic carbocycles. The lowest BCUT2D eigenvalue weighted by atomic mass is 10.3. The van der Waals surface area contributed by atoms with Crippen LogP contribution in [0.1, 0.15) is 13.3 Å². The van der Waals surface area contributed by atoms with Crippen molar-refractivity contribution >= 4 is 9.84 Å². The number of hydrogen-bond acceptors (Lipinski definition) is 4. The predicted octanol–water partition coefficient (Wildman–Crippen LogP) is -0.546. The van der Waals surface area contributed by atoms with Crippen molar-refractivity contribution in [2.75, 3.05) is 31.1 Å². The van der Waals surface area contributed by atoms with E-state index in [0.717, 1.165) is 19.5 Å². The average molecular weight is 206 g/mol. The molecule has 1 aliphatic rings. The molecule has 13 heavy (non-hydrogen) atoms.